The van der Waals surface area contributed by atoms with E-state index < -0.39 is 96.6 Å². The third-order valence-electron chi connectivity index (χ3n) is 19.8. The normalized spacial score (nSPS) is 17.7. The van der Waals surface area contributed by atoms with Crippen LogP contribution in [0.15, 0.2) is 10.8 Å². The number of likely N-dealkylation sites (N-methyl/N-ethyl adjacent to an activating group) is 2. The Bertz CT molecular complexity index is 2720. The molecule has 23 nitrogen and oxygen atoms in total. The van der Waals surface area contributed by atoms with Crippen LogP contribution in [0.4, 0.5) is 0 Å². The molecule has 2 aromatic rings. The first-order valence-electron chi connectivity index (χ1n) is 36.6. The standard InChI is InChI=1S/2C34H60N4O7SSi.3CH3.H2O.Sn/c1-11-24(8)30(36-31(40)26-18-16-17-19-37(26)9)33(41)38(22-44-29(39)12-2)27(23(6)7)20-28(45-47(13-3,14-4)15-5)32-35-25(21-46-32)34(42)43-10;1-10-17-29(39)44-22-38(33(41)30(24(8)11-2)36-31(40)26-18-15-16-19-37(26)9)27(23(6)7)20-28(45-47(12-3,13-4)14-5)32-35-25(21-46-32)34(42)43;;;;;/h21,23-24,26-28,30H,11-20,22H2,1-10H3,(H,36,40);21,23-24,26-28,30H,10-20,22H2,1-9H3,(H,36,40)(H,42,43);3*1H3;1H2;/t2*24?,26-,27-,28-,30+;;;;;/m11...../s1. The number of carbonyl (C=O) groups excluding carboxylic acids is 7. The summed E-state index contributed by atoms with van der Waals surface area (Å²) in [7, 11) is 0.815. The van der Waals surface area contributed by atoms with Crippen LogP contribution < -0.4 is 10.6 Å². The third-order valence-corrected chi connectivity index (χ3v) is 31.0. The molecule has 1 radical (unpaired) electrons. The first-order chi connectivity index (χ1) is 46.3. The number of aromatic nitrogens is 2. The number of hydrogen-bond acceptors (Lipinski definition) is 19. The Hall–Kier alpha value is -3.95. The van der Waals surface area contributed by atoms with Gasteiger partial charge in [0.25, 0.3) is 0 Å². The van der Waals surface area contributed by atoms with Gasteiger partial charge < -0.3 is 54.1 Å². The molecular weight excluding hydrogens is 1440 g/mol. The Labute approximate surface area is 612 Å². The second kappa shape index (κ2) is 47.4. The number of rotatable bonds is 39. The van der Waals surface area contributed by atoms with Gasteiger partial charge in [-0.25, -0.2) is 19.6 Å². The van der Waals surface area contributed by atoms with Crippen molar-refractivity contribution in [2.45, 2.75) is 294 Å². The Balaban J connectivity index is 0.000000929. The summed E-state index contributed by atoms with van der Waals surface area (Å²) in [5, 5.41) is 20.3. The molecule has 5 N–H and O–H groups in total. The van der Waals surface area contributed by atoms with E-state index in [1.54, 1.807) is 22.1 Å². The summed E-state index contributed by atoms with van der Waals surface area (Å²) in [6, 6.07) is 2.27. The minimum absolute atomic E-state index is 0. The van der Waals surface area contributed by atoms with Crippen molar-refractivity contribution in [3.05, 3.63) is 32.2 Å². The number of hydrogen-bond donors (Lipinski definition) is 3. The van der Waals surface area contributed by atoms with Gasteiger partial charge in [0.2, 0.25) is 23.6 Å². The molecule has 0 spiro atoms. The van der Waals surface area contributed by atoms with Crippen LogP contribution in [0, 0.1) is 23.7 Å². The Morgan fingerprint density at radius 3 is 1.27 bits per heavy atom. The van der Waals surface area contributed by atoms with Gasteiger partial charge in [0.1, 0.15) is 22.1 Å². The van der Waals surface area contributed by atoms with Crippen LogP contribution in [0.5, 0.6) is 0 Å². The van der Waals surface area contributed by atoms with Crippen LogP contribution in [0.2, 0.25) is 51.1 Å². The average Bonchev–Trinajstić information content (AvgIpc) is 1.78. The van der Waals surface area contributed by atoms with E-state index in [1.165, 1.54) is 35.2 Å². The van der Waals surface area contributed by atoms with Crippen LogP contribution >= 0.6 is 22.7 Å². The van der Waals surface area contributed by atoms with Crippen molar-refractivity contribution >= 4 is 107 Å². The van der Waals surface area contributed by atoms with E-state index in [2.05, 4.69) is 81.9 Å². The van der Waals surface area contributed by atoms with Crippen LogP contribution in [0.25, 0.3) is 0 Å². The summed E-state index contributed by atoms with van der Waals surface area (Å²) in [5.74, 6) is -3.82. The number of esters is 3. The van der Waals surface area contributed by atoms with Crippen molar-refractivity contribution in [1.82, 2.24) is 40.2 Å². The van der Waals surface area contributed by atoms with Gasteiger partial charge in [-0.1, -0.05) is 136 Å². The van der Waals surface area contributed by atoms with Crippen molar-refractivity contribution < 1.29 is 72.0 Å². The predicted octanol–water partition coefficient (Wildman–Crippen LogP) is 13.2. The molecule has 4 heterocycles. The Morgan fingerprint density at radius 2 is 0.970 bits per heavy atom. The van der Waals surface area contributed by atoms with E-state index in [1.807, 2.05) is 81.3 Å². The quantitative estimate of drug-likeness (QED) is 0.0242. The first-order valence-corrected chi connectivity index (χ1v) is 52.0. The minimum atomic E-state index is -2.22. The summed E-state index contributed by atoms with van der Waals surface area (Å²) in [5.41, 5.74) is 0.182. The molecule has 4 amide bonds. The van der Waals surface area contributed by atoms with E-state index >= 15 is 0 Å². The molecule has 0 saturated carbocycles. The van der Waals surface area contributed by atoms with Gasteiger partial charge in [-0.3, -0.25) is 38.6 Å². The van der Waals surface area contributed by atoms with Crippen LogP contribution in [0.3, 0.4) is 0 Å². The number of nitrogens with zero attached hydrogens (tertiary/aromatic N) is 6. The molecule has 2 aliphatic rings. The van der Waals surface area contributed by atoms with Gasteiger partial charge in [-0.15, -0.1) is 22.7 Å². The molecule has 2 unspecified atom stereocenters. The van der Waals surface area contributed by atoms with Gasteiger partial charge in [-0.05, 0) is 132 Å². The molecule has 0 bridgehead atoms. The van der Waals surface area contributed by atoms with E-state index in [9.17, 15) is 43.5 Å². The molecule has 4 rings (SSSR count). The fraction of sp³-hybridized carbons (Fsp3) is 0.803. The molecule has 569 valence electrons. The van der Waals surface area contributed by atoms with Gasteiger partial charge in [-0.2, -0.15) is 0 Å². The third kappa shape index (κ3) is 29.3. The number of likely N-dealkylation sites (tertiary alicyclic amines) is 2. The predicted molar refractivity (Wildman–Crippen MR) is 402 cm³/mol. The fourth-order valence-electron chi connectivity index (χ4n) is 12.5. The number of carboxylic acid groups (broad SMARTS) is 1. The van der Waals surface area contributed by atoms with E-state index in [0.717, 1.165) is 87.9 Å². The van der Waals surface area contributed by atoms with Crippen LogP contribution in [-0.2, 0) is 51.8 Å². The second-order valence-electron chi connectivity index (χ2n) is 28.0. The number of nitrogens with one attached hydrogen (secondary N) is 2. The molecular formula is C71H131N8O15S2Si2Sn. The summed E-state index contributed by atoms with van der Waals surface area (Å²) in [6.45, 7) is 33.6. The van der Waals surface area contributed by atoms with Crippen molar-refractivity contribution in [3.8, 4) is 0 Å². The fourth-order valence-corrected chi connectivity index (χ4v) is 19.9. The maximum atomic E-state index is 14.7. The first kappa shape index (κ1) is 93.1. The number of piperidine rings is 2. The van der Waals surface area contributed by atoms with Crippen LogP contribution in [-0.4, -0.2) is 208 Å². The van der Waals surface area contributed by atoms with Gasteiger partial charge in [0.15, 0.2) is 41.5 Å². The van der Waals surface area contributed by atoms with Gasteiger partial charge >= 0.3 is 58.5 Å². The van der Waals surface area contributed by atoms with E-state index in [-0.39, 0.29) is 103 Å². The monoisotopic (exact) mass is 1580 g/mol. The zero-order chi connectivity index (χ0) is 74.2. The maximum absolute atomic E-state index is 14.7. The van der Waals surface area contributed by atoms with Crippen molar-refractivity contribution in [2.75, 3.05) is 47.8 Å². The Kier molecular flexibility index (Phi) is 44.6. The van der Waals surface area contributed by atoms with Crippen LogP contribution in [0.1, 0.15) is 237 Å². The average molecular weight is 1580 g/mol. The summed E-state index contributed by atoms with van der Waals surface area (Å²) in [6.07, 6.45) is 7.50. The second-order valence-corrected chi connectivity index (χ2v) is 47.8. The number of carboxylic acids is 1. The summed E-state index contributed by atoms with van der Waals surface area (Å²) in [4.78, 5) is 129. The van der Waals surface area contributed by atoms with Crippen molar-refractivity contribution in [2.24, 2.45) is 23.7 Å². The molecule has 0 aliphatic carbocycles. The number of ether oxygens (including phenoxy) is 3. The molecule has 2 fully saturated rings. The molecule has 2 saturated heterocycles. The zero-order valence-electron chi connectivity index (χ0n) is 64.6. The zero-order valence-corrected chi connectivity index (χ0v) is 71.1. The molecule has 0 aromatic carbocycles. The molecule has 10 atom stereocenters. The molecule has 99 heavy (non-hydrogen) atoms. The number of thiazole rings is 2. The molecule has 28 heteroatoms. The van der Waals surface area contributed by atoms with Crippen molar-refractivity contribution in [3.63, 3.8) is 0 Å². The summed E-state index contributed by atoms with van der Waals surface area (Å²) < 4.78 is 30.3. The molecule has 2 aliphatic heterocycles. The number of methoxy groups -OCH3 is 1. The van der Waals surface area contributed by atoms with Gasteiger partial charge in [0, 0.05) is 35.7 Å². The molecule has 2 aromatic heterocycles. The van der Waals surface area contributed by atoms with Gasteiger partial charge in [0.05, 0.1) is 31.4 Å². The van der Waals surface area contributed by atoms with E-state index in [0.29, 0.717) is 42.1 Å². The summed E-state index contributed by atoms with van der Waals surface area (Å²) >= 11 is 2.05. The number of aromatic carboxylic acids is 1. The Morgan fingerprint density at radius 1 is 0.606 bits per heavy atom. The number of amides is 4. The topological polar surface area (TPSA) is 297 Å². The SMILES string of the molecule is CCC(=O)OCN(C(=O)[C@@H](NC(=O)[C@H]1CCCCN1C)C(C)CC)[C@H](C[C@@H](O[Si](CC)(CC)CC)c1nc(C(=O)OC)cs1)C(C)C.CCCC(=O)OCN(C(=O)[C@@H](NC(=O)[C@H]1CCCCN1C)C(C)CC)[C@H](C[C@@H](O[Si](CC)(CC)CC)c1nc(C(=O)O)cs1)C(C)C.O.[CH3][Sn]([CH3])[CH3]. The van der Waals surface area contributed by atoms with Crippen molar-refractivity contribution in [1.29, 1.82) is 0 Å². The van der Waals surface area contributed by atoms with E-state index in [4.69, 9.17) is 23.1 Å². The number of carbonyl (C=O) groups is 8.